The molecule has 0 aromatic heterocycles. The van der Waals surface area contributed by atoms with Gasteiger partial charge in [0.1, 0.15) is 12.2 Å². The van der Waals surface area contributed by atoms with Gasteiger partial charge in [-0.25, -0.2) is 0 Å². The molecule has 1 aliphatic heterocycles. The Labute approximate surface area is 92.3 Å². The Morgan fingerprint density at radius 1 is 1.36 bits per heavy atom. The van der Waals surface area contributed by atoms with Crippen LogP contribution < -0.4 is 0 Å². The minimum absolute atomic E-state index is 0.0104. The third-order valence-electron chi connectivity index (χ3n) is 1.86. The third-order valence-corrected chi connectivity index (χ3v) is 4.80. The number of ether oxygens (including phenoxy) is 1. The van der Waals surface area contributed by atoms with Gasteiger partial charge in [0.15, 0.2) is 0 Å². The molecule has 0 spiro atoms. The number of ketones is 1. The van der Waals surface area contributed by atoms with E-state index in [4.69, 9.17) is 0 Å². The van der Waals surface area contributed by atoms with E-state index >= 15 is 0 Å². The molecule has 0 aromatic carbocycles. The lowest BCUT2D eigenvalue weighted by atomic mass is 10.2. The molecule has 1 aliphatic rings. The number of Topliss-reactive ketones (excluding diaryl/α,β-unsaturated/α-hetero) is 1. The summed E-state index contributed by atoms with van der Waals surface area (Å²) in [6.07, 6.45) is 1.63. The largest absolute Gasteiger partial charge is 0.469 e. The number of esters is 1. The Morgan fingerprint density at radius 2 is 2.00 bits per heavy atom. The van der Waals surface area contributed by atoms with Crippen LogP contribution in [0.3, 0.4) is 0 Å². The van der Waals surface area contributed by atoms with Crippen molar-refractivity contribution in [3.05, 3.63) is 0 Å². The molecule has 14 heavy (non-hydrogen) atoms. The van der Waals surface area contributed by atoms with Crippen LogP contribution in [0.1, 0.15) is 19.3 Å². The van der Waals surface area contributed by atoms with E-state index in [9.17, 15) is 9.59 Å². The Hall–Kier alpha value is -0.160. The van der Waals surface area contributed by atoms with Gasteiger partial charge < -0.3 is 4.74 Å². The Bertz CT molecular complexity index is 212. The Morgan fingerprint density at radius 3 is 2.57 bits per heavy atom. The number of hydrogen-bond acceptors (Lipinski definition) is 5. The second-order valence-corrected chi connectivity index (χ2v) is 5.94. The van der Waals surface area contributed by atoms with Gasteiger partial charge in [0.2, 0.25) is 0 Å². The Kier molecular flexibility index (Phi) is 5.40. The van der Waals surface area contributed by atoms with Gasteiger partial charge >= 0.3 is 5.97 Å². The van der Waals surface area contributed by atoms with E-state index < -0.39 is 5.97 Å². The zero-order valence-electron chi connectivity index (χ0n) is 8.15. The second-order valence-electron chi connectivity index (χ2n) is 3.02. The van der Waals surface area contributed by atoms with Crippen LogP contribution in [-0.2, 0) is 14.3 Å². The standard InChI is InChI=1S/C9H14O3S2/c1-12-8(11)5-7(10)6-9-13-3-2-4-14-9/h9H,2-6H2,1H3. The van der Waals surface area contributed by atoms with Crippen molar-refractivity contribution in [3.63, 3.8) is 0 Å². The lowest BCUT2D eigenvalue weighted by molar-refractivity contribution is -0.143. The maximum atomic E-state index is 11.4. The minimum Gasteiger partial charge on any atom is -0.469 e. The summed E-state index contributed by atoms with van der Waals surface area (Å²) in [6.45, 7) is 0. The minimum atomic E-state index is -0.430. The van der Waals surface area contributed by atoms with Crippen molar-refractivity contribution in [3.8, 4) is 0 Å². The summed E-state index contributed by atoms with van der Waals surface area (Å²) < 4.78 is 4.78. The average molecular weight is 234 g/mol. The molecule has 3 nitrogen and oxygen atoms in total. The van der Waals surface area contributed by atoms with Crippen LogP contribution in [0.25, 0.3) is 0 Å². The van der Waals surface area contributed by atoms with E-state index in [0.717, 1.165) is 11.5 Å². The van der Waals surface area contributed by atoms with Crippen LogP contribution >= 0.6 is 23.5 Å². The van der Waals surface area contributed by atoms with E-state index in [2.05, 4.69) is 4.74 Å². The molecule has 0 radical (unpaired) electrons. The first kappa shape index (κ1) is 11.9. The van der Waals surface area contributed by atoms with E-state index in [0.29, 0.717) is 11.0 Å². The van der Waals surface area contributed by atoms with Gasteiger partial charge in [0.25, 0.3) is 0 Å². The summed E-state index contributed by atoms with van der Waals surface area (Å²) >= 11 is 3.63. The molecular formula is C9H14O3S2. The van der Waals surface area contributed by atoms with Gasteiger partial charge in [0.05, 0.1) is 11.7 Å². The molecule has 0 atom stereocenters. The second kappa shape index (κ2) is 6.35. The van der Waals surface area contributed by atoms with Gasteiger partial charge in [-0.1, -0.05) is 0 Å². The molecule has 0 saturated carbocycles. The number of carbonyl (C=O) groups excluding carboxylic acids is 2. The normalized spacial score (nSPS) is 17.8. The number of hydrogen-bond donors (Lipinski definition) is 0. The summed E-state index contributed by atoms with van der Waals surface area (Å²) in [5, 5.41) is 0. The Balaban J connectivity index is 2.21. The van der Waals surface area contributed by atoms with Gasteiger partial charge in [0, 0.05) is 6.42 Å². The molecule has 0 unspecified atom stereocenters. The predicted octanol–water partition coefficient (Wildman–Crippen LogP) is 1.70. The number of methoxy groups -OCH3 is 1. The highest BCUT2D eigenvalue weighted by Gasteiger charge is 2.19. The maximum absolute atomic E-state index is 11.4. The fourth-order valence-corrected chi connectivity index (χ4v) is 4.05. The van der Waals surface area contributed by atoms with E-state index in [1.165, 1.54) is 13.5 Å². The van der Waals surface area contributed by atoms with Crippen molar-refractivity contribution in [1.29, 1.82) is 0 Å². The van der Waals surface area contributed by atoms with Crippen molar-refractivity contribution >= 4 is 35.3 Å². The van der Waals surface area contributed by atoms with Gasteiger partial charge in [-0.3, -0.25) is 9.59 Å². The average Bonchev–Trinajstić information content (AvgIpc) is 2.19. The number of thioether (sulfide) groups is 2. The molecule has 0 amide bonds. The van der Waals surface area contributed by atoms with Crippen LogP contribution in [0, 0.1) is 0 Å². The molecule has 0 bridgehead atoms. The number of rotatable bonds is 4. The third kappa shape index (κ3) is 4.37. The van der Waals surface area contributed by atoms with Gasteiger partial charge in [-0.2, -0.15) is 0 Å². The fourth-order valence-electron chi connectivity index (χ4n) is 1.15. The van der Waals surface area contributed by atoms with Gasteiger partial charge in [-0.15, -0.1) is 23.5 Å². The summed E-state index contributed by atoms with van der Waals surface area (Å²) in [5.74, 6) is 1.82. The van der Waals surface area contributed by atoms with Crippen LogP contribution in [0.4, 0.5) is 0 Å². The fraction of sp³-hybridized carbons (Fsp3) is 0.778. The molecule has 1 heterocycles. The molecule has 0 aromatic rings. The summed E-state index contributed by atoms with van der Waals surface area (Å²) in [6, 6.07) is 0. The molecule has 1 fully saturated rings. The zero-order valence-corrected chi connectivity index (χ0v) is 9.79. The van der Waals surface area contributed by atoms with E-state index in [1.54, 1.807) is 0 Å². The predicted molar refractivity (Wildman–Crippen MR) is 59.6 cm³/mol. The summed E-state index contributed by atoms with van der Waals surface area (Å²) in [4.78, 5) is 22.2. The summed E-state index contributed by atoms with van der Waals surface area (Å²) in [5.41, 5.74) is 0. The van der Waals surface area contributed by atoms with Crippen LogP contribution in [0.2, 0.25) is 0 Å². The van der Waals surface area contributed by atoms with Gasteiger partial charge in [-0.05, 0) is 17.9 Å². The highest BCUT2D eigenvalue weighted by molar-refractivity contribution is 8.17. The first-order chi connectivity index (χ1) is 6.72. The molecule has 0 aliphatic carbocycles. The molecule has 0 N–H and O–H groups in total. The van der Waals surface area contributed by atoms with Crippen molar-refractivity contribution in [2.75, 3.05) is 18.6 Å². The van der Waals surface area contributed by atoms with E-state index in [-0.39, 0.29) is 12.2 Å². The van der Waals surface area contributed by atoms with Crippen molar-refractivity contribution in [2.45, 2.75) is 23.8 Å². The molecule has 5 heteroatoms. The molecule has 80 valence electrons. The first-order valence-electron chi connectivity index (χ1n) is 4.54. The maximum Gasteiger partial charge on any atom is 0.313 e. The number of carbonyl (C=O) groups is 2. The highest BCUT2D eigenvalue weighted by atomic mass is 32.2. The van der Waals surface area contributed by atoms with E-state index in [1.807, 2.05) is 23.5 Å². The highest BCUT2D eigenvalue weighted by Crippen LogP contribution is 2.33. The van der Waals surface area contributed by atoms with Crippen molar-refractivity contribution in [1.82, 2.24) is 0 Å². The monoisotopic (exact) mass is 234 g/mol. The van der Waals surface area contributed by atoms with Crippen LogP contribution in [0.5, 0.6) is 0 Å². The smallest absolute Gasteiger partial charge is 0.313 e. The molecule has 1 saturated heterocycles. The zero-order chi connectivity index (χ0) is 10.4. The quantitative estimate of drug-likeness (QED) is 0.547. The van der Waals surface area contributed by atoms with Crippen molar-refractivity contribution < 1.29 is 14.3 Å². The van der Waals surface area contributed by atoms with Crippen molar-refractivity contribution in [2.24, 2.45) is 0 Å². The lowest BCUT2D eigenvalue weighted by Gasteiger charge is -2.19. The summed E-state index contributed by atoms with van der Waals surface area (Å²) in [7, 11) is 1.31. The first-order valence-corrected chi connectivity index (χ1v) is 6.64. The van der Waals surface area contributed by atoms with Crippen LogP contribution in [0.15, 0.2) is 0 Å². The van der Waals surface area contributed by atoms with Crippen LogP contribution in [-0.4, -0.2) is 35.0 Å². The molecule has 1 rings (SSSR count). The lowest BCUT2D eigenvalue weighted by Crippen LogP contribution is -2.15. The SMILES string of the molecule is COC(=O)CC(=O)CC1SCCCS1. The topological polar surface area (TPSA) is 43.4 Å². The molecular weight excluding hydrogens is 220 g/mol.